The van der Waals surface area contributed by atoms with Crippen molar-refractivity contribution >= 4 is 23.3 Å². The number of aliphatic hydroxyl groups excluding tert-OH is 3. The minimum Gasteiger partial charge on any atom is -0.459 e. The maximum atomic E-state index is 14.6. The fraction of sp³-hybridized carbons (Fsp3) is 0.745. The lowest BCUT2D eigenvalue weighted by Gasteiger charge is -2.48. The number of anilines is 2. The van der Waals surface area contributed by atoms with E-state index in [1.807, 2.05) is 102 Å². The molecule has 3 fully saturated rings. The standard InChI is InChI=1S/C55H90N4O13/c1-16-43-55(12,66)47(61)37(8)59(26-20-25-56-50(63)39-22-17-18-23-41(39)57-40-24-19-21-32(3)34(40)5)30-31(2)28-53(10,65)49(72-52-45(60)42(58(13)14)27-33(4)68-52)35(6)46(36(7)51(64)70-43)71-44-29-54(11,67-15)48(62)38(9)69-44/h17-19,21-24,31,33,35-38,42-49,52,57,60-62,65-66H,16,20,25-30H2,1-15H3,(H,56,63)/t31-,33-,35+,36-,37-,38+,42+,43-,44+,45-,46+,47-,48+,49-,52+,53-,54-,55-/m1/s1. The summed E-state index contributed by atoms with van der Waals surface area (Å²) in [4.78, 5) is 32.3. The molecule has 3 aliphatic heterocycles. The highest BCUT2D eigenvalue weighted by atomic mass is 16.7. The first-order valence-electron chi connectivity index (χ1n) is 26.1. The van der Waals surface area contributed by atoms with Gasteiger partial charge in [0.05, 0.1) is 52.8 Å². The number of likely N-dealkylation sites (N-methyl/N-ethyl adjacent to an activating group) is 1. The smallest absolute Gasteiger partial charge is 0.311 e. The molecule has 1 amide bonds. The zero-order chi connectivity index (χ0) is 53.6. The number of hydrogen-bond donors (Lipinski definition) is 7. The zero-order valence-corrected chi connectivity index (χ0v) is 45.8. The third-order valence-electron chi connectivity index (χ3n) is 16.0. The fourth-order valence-corrected chi connectivity index (χ4v) is 11.3. The molecule has 0 aromatic heterocycles. The summed E-state index contributed by atoms with van der Waals surface area (Å²) in [5, 5.41) is 66.8. The van der Waals surface area contributed by atoms with Crippen molar-refractivity contribution in [3.63, 3.8) is 0 Å². The van der Waals surface area contributed by atoms with Crippen molar-refractivity contribution < 1.29 is 63.5 Å². The molecule has 3 aliphatic rings. The number of rotatable bonds is 14. The Labute approximate surface area is 429 Å². The third kappa shape index (κ3) is 13.9. The van der Waals surface area contributed by atoms with Crippen LogP contribution in [0.15, 0.2) is 42.5 Å². The summed E-state index contributed by atoms with van der Waals surface area (Å²) in [6.45, 7) is 22.6. The number of nitrogens with one attached hydrogen (secondary N) is 2. The Balaban J connectivity index is 1.48. The van der Waals surface area contributed by atoms with Gasteiger partial charge in [0, 0.05) is 56.9 Å². The first-order valence-corrected chi connectivity index (χ1v) is 26.1. The summed E-state index contributed by atoms with van der Waals surface area (Å²) in [5.41, 5.74) is -0.382. The van der Waals surface area contributed by atoms with Crippen LogP contribution < -0.4 is 10.6 Å². The number of benzene rings is 2. The number of hydrogen-bond acceptors (Lipinski definition) is 16. The summed E-state index contributed by atoms with van der Waals surface area (Å²) in [6, 6.07) is 12.3. The molecular weight excluding hydrogens is 925 g/mol. The number of cyclic esters (lactones) is 1. The van der Waals surface area contributed by atoms with E-state index in [0.717, 1.165) is 16.8 Å². The monoisotopic (exact) mass is 1010 g/mol. The van der Waals surface area contributed by atoms with Gasteiger partial charge in [0.15, 0.2) is 12.6 Å². The van der Waals surface area contributed by atoms with Crippen LogP contribution in [0.5, 0.6) is 0 Å². The van der Waals surface area contributed by atoms with Crippen LogP contribution in [0.4, 0.5) is 11.4 Å². The first kappa shape index (κ1) is 59.6. The van der Waals surface area contributed by atoms with E-state index >= 15 is 0 Å². The van der Waals surface area contributed by atoms with E-state index in [1.165, 1.54) is 14.0 Å². The predicted molar refractivity (Wildman–Crippen MR) is 276 cm³/mol. The van der Waals surface area contributed by atoms with Crippen molar-refractivity contribution in [3.05, 3.63) is 59.2 Å². The summed E-state index contributed by atoms with van der Waals surface area (Å²) in [5.74, 6) is -3.16. The lowest BCUT2D eigenvalue weighted by molar-refractivity contribution is -0.318. The number of esters is 1. The van der Waals surface area contributed by atoms with Gasteiger partial charge in [-0.1, -0.05) is 45.0 Å². The Morgan fingerprint density at radius 1 is 0.903 bits per heavy atom. The van der Waals surface area contributed by atoms with Crippen LogP contribution in [0.2, 0.25) is 0 Å². The Kier molecular flexibility index (Phi) is 20.7. The molecule has 3 saturated heterocycles. The van der Waals surface area contributed by atoms with Gasteiger partial charge in [0.25, 0.3) is 5.91 Å². The number of carbonyl (C=O) groups excluding carboxylic acids is 2. The summed E-state index contributed by atoms with van der Waals surface area (Å²) >= 11 is 0. The molecule has 7 N–H and O–H groups in total. The summed E-state index contributed by atoms with van der Waals surface area (Å²) in [6.07, 6.45) is -8.66. The maximum absolute atomic E-state index is 14.6. The molecular formula is C55H90N4O13. The van der Waals surface area contributed by atoms with Crippen LogP contribution >= 0.6 is 0 Å². The van der Waals surface area contributed by atoms with Crippen molar-refractivity contribution in [2.45, 2.75) is 205 Å². The van der Waals surface area contributed by atoms with E-state index in [9.17, 15) is 35.1 Å². The number of para-hydroxylation sites is 1. The molecule has 17 nitrogen and oxygen atoms in total. The quantitative estimate of drug-likeness (QED) is 0.0924. The van der Waals surface area contributed by atoms with Gasteiger partial charge in [-0.05, 0) is 137 Å². The Hall–Kier alpha value is -3.30. The van der Waals surface area contributed by atoms with E-state index in [-0.39, 0.29) is 43.2 Å². The molecule has 0 saturated carbocycles. The Bertz CT molecular complexity index is 2070. The summed E-state index contributed by atoms with van der Waals surface area (Å²) < 4.78 is 38.2. The van der Waals surface area contributed by atoms with Gasteiger partial charge in [0.1, 0.15) is 30.0 Å². The van der Waals surface area contributed by atoms with E-state index in [2.05, 4.69) is 10.6 Å². The SMILES string of the molecule is CC[C@H]1OC(=O)[C@H](C)[C@@H](O[C@H]2C[C@@](C)(OC)[C@@H](O)[C@H](C)O2)[C@H](C)[C@@H](O[C@@H]2O[C@H](C)C[C@H](N(C)C)[C@H]2O)[C@](C)(O)C[C@@H](C)CN(CCCNC(=O)c2ccccc2Nc2cccc(C)c2C)[C@H](C)[C@@H](O)[C@]1(C)O. The average Bonchev–Trinajstić information content (AvgIpc) is 3.32. The van der Waals surface area contributed by atoms with Crippen LogP contribution in [-0.4, -0.2) is 178 Å². The number of nitrogens with zero attached hydrogens (tertiary/aromatic N) is 2. The van der Waals surface area contributed by atoms with Gasteiger partial charge in [0.2, 0.25) is 0 Å². The third-order valence-corrected chi connectivity index (χ3v) is 16.0. The predicted octanol–water partition coefficient (Wildman–Crippen LogP) is 5.45. The number of amides is 1. The first-order chi connectivity index (χ1) is 33.7. The summed E-state index contributed by atoms with van der Waals surface area (Å²) in [7, 11) is 5.26. The van der Waals surface area contributed by atoms with Crippen molar-refractivity contribution in [3.8, 4) is 0 Å². The lowest BCUT2D eigenvalue weighted by Crippen LogP contribution is -2.60. The van der Waals surface area contributed by atoms with Gasteiger partial charge >= 0.3 is 5.97 Å². The number of aliphatic hydroxyl groups is 5. The fourth-order valence-electron chi connectivity index (χ4n) is 11.3. The van der Waals surface area contributed by atoms with E-state index in [4.69, 9.17) is 28.4 Å². The highest BCUT2D eigenvalue weighted by molar-refractivity contribution is 6.00. The molecule has 5 rings (SSSR count). The van der Waals surface area contributed by atoms with Crippen LogP contribution in [0.1, 0.15) is 123 Å². The molecule has 3 heterocycles. The molecule has 0 spiro atoms. The van der Waals surface area contributed by atoms with Gasteiger partial charge in [-0.3, -0.25) is 14.5 Å². The van der Waals surface area contributed by atoms with Gasteiger partial charge in [-0.2, -0.15) is 0 Å². The molecule has 0 bridgehead atoms. The molecule has 2 aromatic rings. The number of methoxy groups -OCH3 is 1. The molecule has 18 atom stereocenters. The maximum Gasteiger partial charge on any atom is 0.311 e. The topological polar surface area (TPSA) is 221 Å². The Morgan fingerprint density at radius 2 is 1.57 bits per heavy atom. The second kappa shape index (κ2) is 25.0. The lowest BCUT2D eigenvalue weighted by atomic mass is 9.77. The van der Waals surface area contributed by atoms with Gasteiger partial charge in [-0.15, -0.1) is 0 Å². The Morgan fingerprint density at radius 3 is 2.22 bits per heavy atom. The largest absolute Gasteiger partial charge is 0.459 e. The molecule has 2 aromatic carbocycles. The minimum atomic E-state index is -1.93. The second-order valence-corrected chi connectivity index (χ2v) is 22.2. The van der Waals surface area contributed by atoms with Crippen molar-refractivity contribution in [2.24, 2.45) is 17.8 Å². The minimum absolute atomic E-state index is 0.0968. The molecule has 0 radical (unpaired) electrons. The number of carbonyl (C=O) groups is 2. The molecule has 72 heavy (non-hydrogen) atoms. The van der Waals surface area contributed by atoms with Crippen molar-refractivity contribution in [1.29, 1.82) is 0 Å². The zero-order valence-electron chi connectivity index (χ0n) is 45.8. The van der Waals surface area contributed by atoms with Crippen LogP contribution in [0, 0.1) is 31.6 Å². The highest BCUT2D eigenvalue weighted by Crippen LogP contribution is 2.40. The highest BCUT2D eigenvalue weighted by Gasteiger charge is 2.53. The molecule has 408 valence electrons. The van der Waals surface area contributed by atoms with Gasteiger partial charge in [-0.25, -0.2) is 0 Å². The number of aryl methyl sites for hydroxylation is 1. The van der Waals surface area contributed by atoms with E-state index < -0.39 is 96.0 Å². The average molecular weight is 1020 g/mol. The second-order valence-electron chi connectivity index (χ2n) is 22.2. The molecule has 0 aliphatic carbocycles. The van der Waals surface area contributed by atoms with Gasteiger partial charge < -0.3 is 69.5 Å². The van der Waals surface area contributed by atoms with Crippen LogP contribution in [0.25, 0.3) is 0 Å². The van der Waals surface area contributed by atoms with Crippen LogP contribution in [-0.2, 0) is 33.2 Å². The molecule has 0 unspecified atom stereocenters. The van der Waals surface area contributed by atoms with E-state index in [1.54, 1.807) is 40.7 Å². The van der Waals surface area contributed by atoms with Crippen molar-refractivity contribution in [1.82, 2.24) is 15.1 Å². The van der Waals surface area contributed by atoms with Crippen molar-refractivity contribution in [2.75, 3.05) is 46.2 Å². The number of ether oxygens (including phenoxy) is 6. The normalized spacial score (nSPS) is 38.9. The van der Waals surface area contributed by atoms with E-state index in [0.29, 0.717) is 43.7 Å². The molecule has 17 heteroatoms. The van der Waals surface area contributed by atoms with Crippen LogP contribution in [0.3, 0.4) is 0 Å².